The highest BCUT2D eigenvalue weighted by Crippen LogP contribution is 2.47. The summed E-state index contributed by atoms with van der Waals surface area (Å²) < 4.78 is 33.1. The molecule has 3 rings (SSSR count). The number of anilines is 2. The Hall–Kier alpha value is -2.00. The number of ether oxygens (including phenoxy) is 1. The van der Waals surface area contributed by atoms with E-state index in [2.05, 4.69) is 18.7 Å². The van der Waals surface area contributed by atoms with E-state index in [1.165, 1.54) is 18.0 Å². The van der Waals surface area contributed by atoms with Gasteiger partial charge in [-0.15, -0.1) is 11.8 Å². The standard InChI is InChI=1S/C25H33NO5S2/c1-4-6-13-25(5-2)17-26(19-10-8-7-9-11-19)20-15-22(32-3)21(31-14-12-24(27)28)16-23(20)33(29,30)18-25/h7-12,14-16,24,27-28H,4-6,13,17-18H2,1-3H3/b14-12-. The first-order valence-electron chi connectivity index (χ1n) is 11.2. The van der Waals surface area contributed by atoms with Crippen molar-refractivity contribution in [3.63, 3.8) is 0 Å². The molecule has 8 heteroatoms. The van der Waals surface area contributed by atoms with E-state index in [1.807, 2.05) is 42.7 Å². The van der Waals surface area contributed by atoms with Crippen LogP contribution in [-0.2, 0) is 9.84 Å². The fraction of sp³-hybridized carbons (Fsp3) is 0.440. The summed E-state index contributed by atoms with van der Waals surface area (Å²) in [4.78, 5) is 3.14. The minimum Gasteiger partial charge on any atom is -0.464 e. The number of sulfone groups is 1. The smallest absolute Gasteiger partial charge is 0.181 e. The van der Waals surface area contributed by atoms with Crippen molar-refractivity contribution in [2.45, 2.75) is 55.6 Å². The molecule has 0 saturated heterocycles. The third kappa shape index (κ3) is 5.93. The first-order valence-corrected chi connectivity index (χ1v) is 14.1. The zero-order valence-electron chi connectivity index (χ0n) is 19.4. The fourth-order valence-electron chi connectivity index (χ4n) is 4.30. The van der Waals surface area contributed by atoms with Crippen LogP contribution in [-0.4, -0.2) is 43.5 Å². The molecule has 1 unspecified atom stereocenters. The summed E-state index contributed by atoms with van der Waals surface area (Å²) in [5.41, 5.74) is 1.23. The molecule has 2 N–H and O–H groups in total. The largest absolute Gasteiger partial charge is 0.464 e. The number of hydrogen-bond acceptors (Lipinski definition) is 7. The average molecular weight is 492 g/mol. The molecule has 0 fully saturated rings. The van der Waals surface area contributed by atoms with Crippen LogP contribution < -0.4 is 9.64 Å². The van der Waals surface area contributed by atoms with Gasteiger partial charge in [-0.25, -0.2) is 8.42 Å². The van der Waals surface area contributed by atoms with Crippen molar-refractivity contribution in [2.24, 2.45) is 5.41 Å². The minimum absolute atomic E-state index is 0.0794. The Morgan fingerprint density at radius 2 is 1.94 bits per heavy atom. The van der Waals surface area contributed by atoms with Crippen LogP contribution in [0.1, 0.15) is 39.5 Å². The van der Waals surface area contributed by atoms with Gasteiger partial charge >= 0.3 is 0 Å². The fourth-order valence-corrected chi connectivity index (χ4v) is 7.02. The van der Waals surface area contributed by atoms with E-state index in [1.54, 1.807) is 6.07 Å². The van der Waals surface area contributed by atoms with Crippen molar-refractivity contribution in [3.8, 4) is 5.75 Å². The van der Waals surface area contributed by atoms with Gasteiger partial charge in [0.05, 0.1) is 27.5 Å². The summed E-state index contributed by atoms with van der Waals surface area (Å²) in [6, 6.07) is 13.3. The SMILES string of the molecule is CCCCC1(CC)CN(c2ccccc2)c2cc(SC)c(O/C=C\C(O)O)cc2S(=O)(=O)C1. The molecule has 0 aromatic heterocycles. The zero-order chi connectivity index (χ0) is 24.1. The molecule has 1 atom stereocenters. The van der Waals surface area contributed by atoms with Gasteiger partial charge in [0.1, 0.15) is 5.75 Å². The molecule has 1 heterocycles. The van der Waals surface area contributed by atoms with Crippen LogP contribution in [0.25, 0.3) is 0 Å². The normalized spacial score (nSPS) is 20.1. The monoisotopic (exact) mass is 491 g/mol. The van der Waals surface area contributed by atoms with Crippen LogP contribution in [0.5, 0.6) is 5.75 Å². The lowest BCUT2D eigenvalue weighted by Gasteiger charge is -2.36. The van der Waals surface area contributed by atoms with Crippen molar-refractivity contribution in [2.75, 3.05) is 23.5 Å². The highest BCUT2D eigenvalue weighted by atomic mass is 32.2. The number of fused-ring (bicyclic) bond motifs is 1. The molecule has 2 aromatic carbocycles. The molecular formula is C25H33NO5S2. The molecule has 1 aliphatic heterocycles. The van der Waals surface area contributed by atoms with Crippen molar-refractivity contribution < 1.29 is 23.4 Å². The van der Waals surface area contributed by atoms with Crippen LogP contribution in [0.3, 0.4) is 0 Å². The quantitative estimate of drug-likeness (QED) is 0.286. The number of aliphatic hydroxyl groups excluding tert-OH is 1. The van der Waals surface area contributed by atoms with Crippen LogP contribution >= 0.6 is 11.8 Å². The Kier molecular flexibility index (Phi) is 8.50. The van der Waals surface area contributed by atoms with Gasteiger partial charge in [0, 0.05) is 29.8 Å². The van der Waals surface area contributed by atoms with E-state index in [-0.39, 0.29) is 16.1 Å². The van der Waals surface area contributed by atoms with E-state index >= 15 is 0 Å². The predicted octanol–water partition coefficient (Wildman–Crippen LogP) is 5.12. The lowest BCUT2D eigenvalue weighted by Crippen LogP contribution is -2.37. The Balaban J connectivity index is 2.21. The predicted molar refractivity (Wildman–Crippen MR) is 134 cm³/mol. The molecule has 6 nitrogen and oxygen atoms in total. The maximum atomic E-state index is 13.8. The molecule has 33 heavy (non-hydrogen) atoms. The van der Waals surface area contributed by atoms with E-state index in [9.17, 15) is 8.42 Å². The lowest BCUT2D eigenvalue weighted by atomic mass is 9.81. The van der Waals surface area contributed by atoms with Gasteiger partial charge < -0.3 is 19.8 Å². The number of aliphatic hydroxyl groups is 2. The molecule has 180 valence electrons. The van der Waals surface area contributed by atoms with Gasteiger partial charge in [0.2, 0.25) is 0 Å². The third-order valence-corrected chi connectivity index (χ3v) is 8.93. The molecule has 0 spiro atoms. The number of thioether (sulfide) groups is 1. The molecule has 0 amide bonds. The zero-order valence-corrected chi connectivity index (χ0v) is 21.0. The van der Waals surface area contributed by atoms with E-state index in [0.29, 0.717) is 18.0 Å². The summed E-state index contributed by atoms with van der Waals surface area (Å²) in [6.45, 7) is 4.82. The number of benzene rings is 2. The van der Waals surface area contributed by atoms with Gasteiger partial charge in [-0.3, -0.25) is 0 Å². The second-order valence-corrected chi connectivity index (χ2v) is 11.3. The summed E-state index contributed by atoms with van der Waals surface area (Å²) in [5.74, 6) is 0.447. The Morgan fingerprint density at radius 1 is 1.21 bits per heavy atom. The van der Waals surface area contributed by atoms with Crippen molar-refractivity contribution in [1.29, 1.82) is 0 Å². The Bertz CT molecular complexity index is 1070. The van der Waals surface area contributed by atoms with Gasteiger partial charge in [-0.05, 0) is 37.3 Å². The summed E-state index contributed by atoms with van der Waals surface area (Å²) in [6.07, 6.45) is 6.08. The van der Waals surface area contributed by atoms with Crippen LogP contribution in [0.4, 0.5) is 11.4 Å². The summed E-state index contributed by atoms with van der Waals surface area (Å²) >= 11 is 1.45. The number of para-hydroxylation sites is 1. The molecule has 1 aliphatic rings. The number of rotatable bonds is 9. The summed E-state index contributed by atoms with van der Waals surface area (Å²) in [5, 5.41) is 18.1. The lowest BCUT2D eigenvalue weighted by molar-refractivity contribution is 0.00121. The van der Waals surface area contributed by atoms with Crippen LogP contribution in [0.15, 0.2) is 64.6 Å². The Labute approximate surface area is 201 Å². The van der Waals surface area contributed by atoms with E-state index < -0.39 is 16.1 Å². The topological polar surface area (TPSA) is 87.1 Å². The van der Waals surface area contributed by atoms with E-state index in [4.69, 9.17) is 14.9 Å². The highest BCUT2D eigenvalue weighted by molar-refractivity contribution is 7.98. The third-order valence-electron chi connectivity index (χ3n) is 6.19. The second-order valence-electron chi connectivity index (χ2n) is 8.47. The van der Waals surface area contributed by atoms with Crippen molar-refractivity contribution in [3.05, 3.63) is 54.8 Å². The van der Waals surface area contributed by atoms with E-state index in [0.717, 1.165) is 42.3 Å². The first kappa shape index (κ1) is 25.6. The van der Waals surface area contributed by atoms with Crippen molar-refractivity contribution in [1.82, 2.24) is 0 Å². The number of hydrogen-bond donors (Lipinski definition) is 2. The highest BCUT2D eigenvalue weighted by Gasteiger charge is 2.41. The van der Waals surface area contributed by atoms with Gasteiger partial charge in [0.15, 0.2) is 16.1 Å². The summed E-state index contributed by atoms with van der Waals surface area (Å²) in [7, 11) is -3.61. The van der Waals surface area contributed by atoms with Crippen LogP contribution in [0.2, 0.25) is 0 Å². The Morgan fingerprint density at radius 3 is 2.55 bits per heavy atom. The van der Waals surface area contributed by atoms with Crippen molar-refractivity contribution >= 4 is 33.0 Å². The molecule has 0 saturated carbocycles. The van der Waals surface area contributed by atoms with Gasteiger partial charge in [-0.1, -0.05) is 44.9 Å². The average Bonchev–Trinajstić information content (AvgIpc) is 2.90. The number of unbranched alkanes of at least 4 members (excludes halogenated alkanes) is 1. The number of nitrogens with zero attached hydrogens (tertiary/aromatic N) is 1. The molecule has 0 radical (unpaired) electrons. The molecular weight excluding hydrogens is 458 g/mol. The van der Waals surface area contributed by atoms with Gasteiger partial charge in [0.25, 0.3) is 0 Å². The maximum absolute atomic E-state index is 13.8. The van der Waals surface area contributed by atoms with Crippen LogP contribution in [0, 0.1) is 5.41 Å². The maximum Gasteiger partial charge on any atom is 0.181 e. The minimum atomic E-state index is -3.61. The van der Waals surface area contributed by atoms with Gasteiger partial charge in [-0.2, -0.15) is 0 Å². The molecule has 0 bridgehead atoms. The molecule has 0 aliphatic carbocycles. The molecule has 2 aromatic rings. The second kappa shape index (κ2) is 11.0. The first-order chi connectivity index (χ1) is 15.7.